The first-order valence-electron chi connectivity index (χ1n) is 6.21. The first kappa shape index (κ1) is 14.6. The van der Waals surface area contributed by atoms with Gasteiger partial charge in [0, 0.05) is 0 Å². The number of aromatic amines is 1. The Morgan fingerprint density at radius 3 is 3.10 bits per heavy atom. The van der Waals surface area contributed by atoms with Crippen molar-refractivity contribution in [2.24, 2.45) is 0 Å². The molecule has 0 bridgehead atoms. The molecule has 1 unspecified atom stereocenters. The van der Waals surface area contributed by atoms with Crippen LogP contribution in [0.3, 0.4) is 0 Å². The number of ether oxygens (including phenoxy) is 1. The van der Waals surface area contributed by atoms with E-state index < -0.39 is 8.25 Å². The van der Waals surface area contributed by atoms with Crippen molar-refractivity contribution >= 4 is 36.8 Å². The van der Waals surface area contributed by atoms with Gasteiger partial charge in [-0.15, -0.1) is 0 Å². The van der Waals surface area contributed by atoms with Gasteiger partial charge in [0.1, 0.15) is 5.52 Å². The molecule has 1 aliphatic heterocycles. The zero-order valence-electron chi connectivity index (χ0n) is 10.7. The largest absolute Gasteiger partial charge is 0.369 e. The van der Waals surface area contributed by atoms with E-state index in [4.69, 9.17) is 19.9 Å². The molecular weight excluding hydrogens is 319 g/mol. The molecule has 3 heterocycles. The molecule has 0 saturated carbocycles. The van der Waals surface area contributed by atoms with E-state index in [-0.39, 0.29) is 35.8 Å². The Hall–Kier alpha value is -1.32. The predicted octanol–water partition coefficient (Wildman–Crippen LogP) is 0.580. The summed E-state index contributed by atoms with van der Waals surface area (Å²) >= 11 is 1.15. The molecule has 1 saturated heterocycles. The van der Waals surface area contributed by atoms with Crippen LogP contribution in [0, 0.1) is 0 Å². The second-order valence-corrected chi connectivity index (χ2v) is 6.22. The Kier molecular flexibility index (Phi) is 4.05. The Morgan fingerprint density at radius 1 is 1.52 bits per heavy atom. The fourth-order valence-electron chi connectivity index (χ4n) is 2.28. The number of hydrogen-bond acceptors (Lipinski definition) is 8. The first-order valence-corrected chi connectivity index (χ1v) is 8.24. The molecule has 9 nitrogen and oxygen atoms in total. The number of nitrogens with one attached hydrogen (secondary N) is 1. The minimum Gasteiger partial charge on any atom is -0.369 e. The van der Waals surface area contributed by atoms with Crippen LogP contribution in [-0.4, -0.2) is 31.9 Å². The van der Waals surface area contributed by atoms with E-state index in [0.29, 0.717) is 18.4 Å². The molecule has 0 aromatic carbocycles. The molecule has 2 aromatic rings. The van der Waals surface area contributed by atoms with Gasteiger partial charge in [-0.05, 0) is 24.4 Å². The Bertz CT molecular complexity index is 747. The predicted molar refractivity (Wildman–Crippen MR) is 76.5 cm³/mol. The van der Waals surface area contributed by atoms with Crippen LogP contribution < -0.4 is 11.3 Å². The lowest BCUT2D eigenvalue weighted by Crippen LogP contribution is -2.13. The number of H-pyrrole nitrogens is 1. The van der Waals surface area contributed by atoms with Gasteiger partial charge in [0.2, 0.25) is 5.95 Å². The third kappa shape index (κ3) is 2.99. The van der Waals surface area contributed by atoms with E-state index >= 15 is 0 Å². The number of nitrogens with zero attached hydrogens (tertiary/aromatic N) is 2. The molecule has 0 amide bonds. The molecule has 0 radical (unpaired) electrons. The Morgan fingerprint density at radius 2 is 2.33 bits per heavy atom. The molecule has 1 aliphatic rings. The van der Waals surface area contributed by atoms with Crippen molar-refractivity contribution in [3.8, 4) is 0 Å². The van der Waals surface area contributed by atoms with Crippen LogP contribution in [0.5, 0.6) is 0 Å². The van der Waals surface area contributed by atoms with Gasteiger partial charge in [-0.3, -0.25) is 14.3 Å². The maximum Gasteiger partial charge on any atom is 0.316 e. The molecule has 3 atom stereocenters. The number of nitrogen functional groups attached to an aromatic ring is 1. The molecule has 21 heavy (non-hydrogen) atoms. The summed E-state index contributed by atoms with van der Waals surface area (Å²) in [6.07, 6.45) is 0.875. The number of nitrogens with two attached hydrogens (primary N) is 1. The number of anilines is 1. The van der Waals surface area contributed by atoms with E-state index in [1.165, 1.54) is 0 Å². The lowest BCUT2D eigenvalue weighted by molar-refractivity contribution is 0.0186. The highest BCUT2D eigenvalue weighted by Gasteiger charge is 2.30. The second kappa shape index (κ2) is 5.82. The fraction of sp³-hybridized carbons (Fsp3) is 0.500. The van der Waals surface area contributed by atoms with Crippen molar-refractivity contribution < 1.29 is 18.7 Å². The number of aromatic nitrogens is 3. The van der Waals surface area contributed by atoms with E-state index in [0.717, 1.165) is 16.4 Å². The van der Waals surface area contributed by atoms with Crippen LogP contribution in [0.2, 0.25) is 0 Å². The number of rotatable bonds is 4. The molecule has 1 fully saturated rings. The average molecular weight is 332 g/mol. The summed E-state index contributed by atoms with van der Waals surface area (Å²) in [6, 6.07) is 0. The highest BCUT2D eigenvalue weighted by molar-refractivity contribution is 7.32. The highest BCUT2D eigenvalue weighted by Crippen LogP contribution is 2.38. The van der Waals surface area contributed by atoms with E-state index in [2.05, 4.69) is 14.3 Å². The summed E-state index contributed by atoms with van der Waals surface area (Å²) in [4.78, 5) is 27.6. The summed E-state index contributed by atoms with van der Waals surface area (Å²) in [5, 5.41) is 0. The maximum absolute atomic E-state index is 11.7. The fourth-order valence-corrected chi connectivity index (χ4v) is 3.48. The molecule has 3 rings (SSSR count). The van der Waals surface area contributed by atoms with Crippen LogP contribution in [0.25, 0.3) is 11.0 Å². The number of hydrogen-bond donors (Lipinski definition) is 3. The second-order valence-electron chi connectivity index (χ2n) is 4.60. The van der Waals surface area contributed by atoms with Crippen molar-refractivity contribution in [3.05, 3.63) is 15.2 Å². The topological polar surface area (TPSA) is 140 Å². The summed E-state index contributed by atoms with van der Waals surface area (Å²) in [5.74, 6) is 0.0331. The molecule has 11 heteroatoms. The molecular formula is C10H13N4O5PS. The minimum absolute atomic E-state index is 0.0331. The summed E-state index contributed by atoms with van der Waals surface area (Å²) in [6.45, 7) is 0.0671. The van der Waals surface area contributed by atoms with Crippen molar-refractivity contribution in [1.29, 1.82) is 0 Å². The molecule has 0 spiro atoms. The van der Waals surface area contributed by atoms with Crippen LogP contribution in [-0.2, 0) is 13.8 Å². The summed E-state index contributed by atoms with van der Waals surface area (Å²) in [7, 11) is -2.95. The molecule has 0 aliphatic carbocycles. The van der Waals surface area contributed by atoms with Gasteiger partial charge >= 0.3 is 8.25 Å². The first-order chi connectivity index (χ1) is 10.0. The quantitative estimate of drug-likeness (QED) is 0.691. The van der Waals surface area contributed by atoms with Crippen LogP contribution in [0.1, 0.15) is 23.8 Å². The van der Waals surface area contributed by atoms with Gasteiger partial charge in [-0.1, -0.05) is 0 Å². The van der Waals surface area contributed by atoms with Gasteiger partial charge < -0.3 is 19.9 Å². The van der Waals surface area contributed by atoms with Crippen molar-refractivity contribution in [3.63, 3.8) is 0 Å². The molecule has 4 N–H and O–H groups in total. The van der Waals surface area contributed by atoms with Crippen LogP contribution in [0.15, 0.2) is 4.79 Å². The minimum atomic E-state index is -2.95. The van der Waals surface area contributed by atoms with Crippen LogP contribution >= 0.6 is 19.8 Å². The highest BCUT2D eigenvalue weighted by atomic mass is 32.1. The average Bonchev–Trinajstić information content (AvgIpc) is 3.02. The molecule has 2 aromatic heterocycles. The molecule has 114 valence electrons. The van der Waals surface area contributed by atoms with Crippen molar-refractivity contribution in [2.75, 3.05) is 12.3 Å². The lowest BCUT2D eigenvalue weighted by atomic mass is 10.1. The maximum atomic E-state index is 11.7. The third-order valence-corrected chi connectivity index (χ3v) is 4.52. The summed E-state index contributed by atoms with van der Waals surface area (Å²) < 4.78 is 25.1. The lowest BCUT2D eigenvalue weighted by Gasteiger charge is -2.11. The van der Waals surface area contributed by atoms with E-state index in [9.17, 15) is 9.36 Å². The Labute approximate surface area is 123 Å². The Balaban J connectivity index is 1.82. The van der Waals surface area contributed by atoms with Gasteiger partial charge in [0.15, 0.2) is 5.52 Å². The smallest absolute Gasteiger partial charge is 0.316 e. The van der Waals surface area contributed by atoms with Gasteiger partial charge in [-0.25, -0.2) is 4.98 Å². The van der Waals surface area contributed by atoms with Crippen molar-refractivity contribution in [1.82, 2.24) is 14.3 Å². The third-order valence-electron chi connectivity index (χ3n) is 3.17. The zero-order valence-corrected chi connectivity index (χ0v) is 12.6. The van der Waals surface area contributed by atoms with E-state index in [1.54, 1.807) is 0 Å². The normalized spacial score (nSPS) is 23.7. The SMILES string of the molecule is Nc1nc2c([C@H]3CC[C@@H](CO[PH](=O)O)O3)snc2c(=O)[nH]1. The van der Waals surface area contributed by atoms with Gasteiger partial charge in [-0.2, -0.15) is 4.37 Å². The zero-order chi connectivity index (χ0) is 15.0. The van der Waals surface area contributed by atoms with Crippen LogP contribution in [0.4, 0.5) is 5.95 Å². The van der Waals surface area contributed by atoms with E-state index in [1.807, 2.05) is 0 Å². The standard InChI is InChI=1S/C10H13N4O5PS/c11-10-12-6-7(9(15)13-10)14-21-8(6)5-2-1-4(19-5)3-18-20(16)17/h4-5,20H,1-3H2,(H,16,17)(H3,11,12,13,15)/t4-,5+/m0/s1. The number of fused-ring (bicyclic) bond motifs is 1. The van der Waals surface area contributed by atoms with Gasteiger partial charge in [0.05, 0.1) is 23.7 Å². The van der Waals surface area contributed by atoms with Crippen molar-refractivity contribution in [2.45, 2.75) is 25.0 Å². The monoisotopic (exact) mass is 332 g/mol. The van der Waals surface area contributed by atoms with Gasteiger partial charge in [0.25, 0.3) is 5.56 Å². The summed E-state index contributed by atoms with van der Waals surface area (Å²) in [5.41, 5.74) is 5.86.